The molecule has 6 nitrogen and oxygen atoms in total. The minimum atomic E-state index is -0.350. The Labute approximate surface area is 124 Å². The highest BCUT2D eigenvalue weighted by molar-refractivity contribution is 9.10. The lowest BCUT2D eigenvalue weighted by Gasteiger charge is -2.08. The summed E-state index contributed by atoms with van der Waals surface area (Å²) in [5, 5.41) is 2.62. The second kappa shape index (κ2) is 5.87. The zero-order chi connectivity index (χ0) is 14.7. The maximum absolute atomic E-state index is 12.2. The number of aromatic nitrogens is 2. The molecule has 2 aromatic rings. The molecule has 0 aliphatic heterocycles. The molecule has 1 heterocycles. The number of amides is 1. The zero-order valence-electron chi connectivity index (χ0n) is 11.0. The van der Waals surface area contributed by atoms with Crippen molar-refractivity contribution in [3.63, 3.8) is 0 Å². The predicted octanol–water partition coefficient (Wildman–Crippen LogP) is 2.39. The van der Waals surface area contributed by atoms with Crippen LogP contribution in [0.2, 0.25) is 0 Å². The third-order valence-corrected chi connectivity index (χ3v) is 3.42. The van der Waals surface area contributed by atoms with Crippen LogP contribution in [-0.2, 0) is 0 Å². The number of halogens is 1. The number of aryl methyl sites for hydroxylation is 1. The van der Waals surface area contributed by atoms with Crippen LogP contribution in [-0.4, -0.2) is 23.0 Å². The van der Waals surface area contributed by atoms with Gasteiger partial charge in [-0.05, 0) is 35.0 Å². The van der Waals surface area contributed by atoms with Gasteiger partial charge in [-0.15, -0.1) is 0 Å². The summed E-state index contributed by atoms with van der Waals surface area (Å²) in [5.74, 6) is 0.220. The number of rotatable bonds is 3. The Balaban J connectivity index is 2.28. The Hall–Kier alpha value is -2.15. The van der Waals surface area contributed by atoms with Gasteiger partial charge in [0.05, 0.1) is 17.1 Å². The number of nitrogens with one attached hydrogen (secondary N) is 1. The van der Waals surface area contributed by atoms with Crippen molar-refractivity contribution in [3.05, 3.63) is 40.0 Å². The van der Waals surface area contributed by atoms with Crippen LogP contribution >= 0.6 is 15.9 Å². The van der Waals surface area contributed by atoms with Gasteiger partial charge >= 0.3 is 0 Å². The highest BCUT2D eigenvalue weighted by Gasteiger charge is 2.13. The fraction of sp³-hybridized carbons (Fsp3) is 0.154. The Bertz CT molecular complexity index is 661. The van der Waals surface area contributed by atoms with Crippen LogP contribution in [0.25, 0.3) is 0 Å². The number of nitrogens with zero attached hydrogens (tertiary/aromatic N) is 2. The lowest BCUT2D eigenvalue weighted by atomic mass is 10.2. The third kappa shape index (κ3) is 3.05. The summed E-state index contributed by atoms with van der Waals surface area (Å²) in [4.78, 5) is 20.4. The molecule has 0 spiro atoms. The topological polar surface area (TPSA) is 90.1 Å². The van der Waals surface area contributed by atoms with E-state index < -0.39 is 0 Å². The van der Waals surface area contributed by atoms with E-state index in [1.807, 2.05) is 0 Å². The number of hydrogen-bond acceptors (Lipinski definition) is 5. The number of ether oxygens (including phenoxy) is 1. The molecule has 0 aliphatic carbocycles. The van der Waals surface area contributed by atoms with Crippen molar-refractivity contribution in [2.75, 3.05) is 18.2 Å². The average molecular weight is 337 g/mol. The summed E-state index contributed by atoms with van der Waals surface area (Å²) >= 11 is 3.29. The summed E-state index contributed by atoms with van der Waals surface area (Å²) in [7, 11) is 1.50. The fourth-order valence-corrected chi connectivity index (χ4v) is 2.04. The molecular formula is C13H13BrN4O2. The van der Waals surface area contributed by atoms with E-state index in [1.165, 1.54) is 7.11 Å². The van der Waals surface area contributed by atoms with Gasteiger partial charge in [-0.25, -0.2) is 4.98 Å². The van der Waals surface area contributed by atoms with E-state index in [1.54, 1.807) is 31.2 Å². The average Bonchev–Trinajstić information content (AvgIpc) is 2.41. The smallest absolute Gasteiger partial charge is 0.259 e. The second-order valence-corrected chi connectivity index (χ2v) is 4.83. The third-order valence-electron chi connectivity index (χ3n) is 2.54. The van der Waals surface area contributed by atoms with Gasteiger partial charge in [-0.2, -0.15) is 4.98 Å². The van der Waals surface area contributed by atoms with Crippen LogP contribution in [0.3, 0.4) is 0 Å². The number of carbonyl (C=O) groups is 1. The molecule has 104 valence electrons. The monoisotopic (exact) mass is 336 g/mol. The number of nitrogens with two attached hydrogens (primary N) is 1. The van der Waals surface area contributed by atoms with Crippen LogP contribution < -0.4 is 15.8 Å². The lowest BCUT2D eigenvalue weighted by molar-refractivity contribution is 0.102. The molecule has 1 aromatic heterocycles. The van der Waals surface area contributed by atoms with Crippen LogP contribution in [0.4, 0.5) is 11.6 Å². The van der Waals surface area contributed by atoms with Crippen LogP contribution in [0.1, 0.15) is 16.1 Å². The largest absolute Gasteiger partial charge is 0.481 e. The van der Waals surface area contributed by atoms with Crippen molar-refractivity contribution in [1.29, 1.82) is 0 Å². The lowest BCUT2D eigenvalue weighted by Crippen LogP contribution is -2.15. The molecule has 0 saturated carbocycles. The Morgan fingerprint density at radius 1 is 1.40 bits per heavy atom. The van der Waals surface area contributed by atoms with E-state index in [2.05, 4.69) is 31.2 Å². The first kappa shape index (κ1) is 14.3. The maximum Gasteiger partial charge on any atom is 0.259 e. The van der Waals surface area contributed by atoms with Gasteiger partial charge in [0.1, 0.15) is 0 Å². The number of anilines is 2. The molecule has 0 saturated heterocycles. The van der Waals surface area contributed by atoms with Gasteiger partial charge in [0.25, 0.3) is 5.91 Å². The quantitative estimate of drug-likeness (QED) is 0.840. The molecule has 3 N–H and O–H groups in total. The van der Waals surface area contributed by atoms with Crippen molar-refractivity contribution in [2.45, 2.75) is 6.92 Å². The first-order valence-electron chi connectivity index (χ1n) is 5.76. The van der Waals surface area contributed by atoms with Crippen molar-refractivity contribution < 1.29 is 9.53 Å². The van der Waals surface area contributed by atoms with Crippen molar-refractivity contribution in [3.8, 4) is 5.88 Å². The van der Waals surface area contributed by atoms with Gasteiger partial charge in [0, 0.05) is 17.4 Å². The van der Waals surface area contributed by atoms with Crippen molar-refractivity contribution >= 4 is 33.5 Å². The van der Waals surface area contributed by atoms with Crippen LogP contribution in [0.5, 0.6) is 5.88 Å². The normalized spacial score (nSPS) is 10.2. The first-order valence-corrected chi connectivity index (χ1v) is 6.55. The number of hydrogen-bond donors (Lipinski definition) is 2. The first-order chi connectivity index (χ1) is 9.51. The maximum atomic E-state index is 12.2. The number of benzene rings is 1. The van der Waals surface area contributed by atoms with Gasteiger partial charge in [0.2, 0.25) is 11.8 Å². The molecule has 1 aromatic carbocycles. The molecular weight excluding hydrogens is 324 g/mol. The summed E-state index contributed by atoms with van der Waals surface area (Å²) in [6, 6.07) is 6.73. The number of nitrogen functional groups attached to an aromatic ring is 1. The van der Waals surface area contributed by atoms with E-state index in [0.29, 0.717) is 27.3 Å². The van der Waals surface area contributed by atoms with Crippen molar-refractivity contribution in [2.24, 2.45) is 0 Å². The standard InChI is InChI=1S/C13H13BrN4O2/c1-7-6-10(20-2)17-13(16-7)18-12(19)8-4-3-5-9(15)11(8)14/h3-6H,15H2,1-2H3,(H,16,17,18,19). The van der Waals surface area contributed by atoms with Crippen LogP contribution in [0.15, 0.2) is 28.7 Å². The number of methoxy groups -OCH3 is 1. The second-order valence-electron chi connectivity index (χ2n) is 4.04. The Morgan fingerprint density at radius 3 is 2.85 bits per heavy atom. The summed E-state index contributed by atoms with van der Waals surface area (Å²) in [6.45, 7) is 1.79. The molecule has 0 bridgehead atoms. The van der Waals surface area contributed by atoms with Gasteiger partial charge in [0.15, 0.2) is 0 Å². The molecule has 0 fully saturated rings. The van der Waals surface area contributed by atoms with E-state index >= 15 is 0 Å². The summed E-state index contributed by atoms with van der Waals surface area (Å²) in [6.07, 6.45) is 0. The van der Waals surface area contributed by atoms with Gasteiger partial charge in [-0.1, -0.05) is 6.07 Å². The number of carbonyl (C=O) groups excluding carboxylic acids is 1. The molecule has 0 unspecified atom stereocenters. The SMILES string of the molecule is COc1cc(C)nc(NC(=O)c2cccc(N)c2Br)n1. The molecule has 20 heavy (non-hydrogen) atoms. The minimum absolute atomic E-state index is 0.182. The highest BCUT2D eigenvalue weighted by Crippen LogP contribution is 2.24. The highest BCUT2D eigenvalue weighted by atomic mass is 79.9. The Morgan fingerprint density at radius 2 is 2.15 bits per heavy atom. The zero-order valence-corrected chi connectivity index (χ0v) is 12.6. The van der Waals surface area contributed by atoms with Crippen LogP contribution in [0, 0.1) is 6.92 Å². The van der Waals surface area contributed by atoms with E-state index in [0.717, 1.165) is 0 Å². The Kier molecular flexibility index (Phi) is 4.19. The van der Waals surface area contributed by atoms with E-state index in [-0.39, 0.29) is 11.9 Å². The summed E-state index contributed by atoms with van der Waals surface area (Å²) < 4.78 is 5.57. The molecule has 7 heteroatoms. The van der Waals surface area contributed by atoms with Crippen molar-refractivity contribution in [1.82, 2.24) is 9.97 Å². The van der Waals surface area contributed by atoms with E-state index in [9.17, 15) is 4.79 Å². The fourth-order valence-electron chi connectivity index (χ4n) is 1.59. The summed E-state index contributed by atoms with van der Waals surface area (Å²) in [5.41, 5.74) is 7.33. The molecule has 0 aliphatic rings. The molecule has 2 rings (SSSR count). The van der Waals surface area contributed by atoms with Gasteiger partial charge < -0.3 is 10.5 Å². The minimum Gasteiger partial charge on any atom is -0.481 e. The predicted molar refractivity (Wildman–Crippen MR) is 79.8 cm³/mol. The van der Waals surface area contributed by atoms with E-state index in [4.69, 9.17) is 10.5 Å². The molecule has 0 atom stereocenters. The molecule has 1 amide bonds. The molecule has 0 radical (unpaired) electrons. The van der Waals surface area contributed by atoms with Gasteiger partial charge in [-0.3, -0.25) is 10.1 Å².